The summed E-state index contributed by atoms with van der Waals surface area (Å²) in [5.74, 6) is -4.59. The van der Waals surface area contributed by atoms with Gasteiger partial charge in [-0.05, 0) is 0 Å². The third kappa shape index (κ3) is 6.45. The van der Waals surface area contributed by atoms with Gasteiger partial charge in [-0.1, -0.05) is 11.6 Å². The molecule has 0 rings (SSSR count). The lowest BCUT2D eigenvalue weighted by Crippen LogP contribution is -2.54. The molecule has 0 aliphatic rings. The van der Waals surface area contributed by atoms with Gasteiger partial charge in [0.2, 0.25) is 4.32 Å². The molecule has 9 nitrogen and oxygen atoms in total. The summed E-state index contributed by atoms with van der Waals surface area (Å²) < 4.78 is 27.5. The summed E-state index contributed by atoms with van der Waals surface area (Å²) in [5.41, 5.74) is 0. The maximum atomic E-state index is 11.4. The number of hydrogen-bond donors (Lipinski definition) is 0. The first-order valence-electron chi connectivity index (χ1n) is 4.76. The Kier molecular flexibility index (Phi) is 7.10. The topological polar surface area (TPSA) is 122 Å². The largest absolute Gasteiger partial charge is 0.975 e. The fourth-order valence-corrected chi connectivity index (χ4v) is 2.76. The molecule has 12 heteroatoms. The van der Waals surface area contributed by atoms with Crippen LogP contribution in [0.1, 0.15) is 20.8 Å². The molecule has 112 valence electrons. The Bertz CT molecular complexity index is 457. The van der Waals surface area contributed by atoms with Crippen molar-refractivity contribution >= 4 is 60.1 Å². The number of carbonyl (C=O) groups excluding carboxylic acids is 4. The van der Waals surface area contributed by atoms with Crippen molar-refractivity contribution in [1.82, 2.24) is 0 Å². The zero-order chi connectivity index (χ0) is 15.9. The molecule has 0 fully saturated rings. The molecule has 20 heavy (non-hydrogen) atoms. The third-order valence-electron chi connectivity index (χ3n) is 1.26. The lowest BCUT2D eigenvalue weighted by molar-refractivity contribution is -0.158. The lowest BCUT2D eigenvalue weighted by Gasteiger charge is -2.22. The van der Waals surface area contributed by atoms with E-state index in [1.54, 1.807) is 0 Å². The van der Waals surface area contributed by atoms with E-state index in [4.69, 9.17) is 11.6 Å². The molecule has 0 aromatic carbocycles. The molecular weight excluding hydrogens is 336 g/mol. The van der Waals surface area contributed by atoms with E-state index in [9.17, 15) is 23.4 Å². The summed E-state index contributed by atoms with van der Waals surface area (Å²) in [6, 6.07) is 0. The van der Waals surface area contributed by atoms with Gasteiger partial charge in [-0.15, -0.1) is 0 Å². The summed E-state index contributed by atoms with van der Waals surface area (Å²) in [4.78, 5) is 44.3. The van der Waals surface area contributed by atoms with E-state index in [1.165, 1.54) is 0 Å². The summed E-state index contributed by atoms with van der Waals surface area (Å²) in [6.45, 7) is 2.70. The maximum absolute atomic E-state index is 11.4. The number of carbonyl (C=O) groups is 4. The molecule has 0 radical (unpaired) electrons. The Balaban J connectivity index is 5.51. The zero-order valence-corrected chi connectivity index (χ0v) is 13.0. The second kappa shape index (κ2) is 7.77. The van der Waals surface area contributed by atoms with E-state index >= 15 is 0 Å². The van der Waals surface area contributed by atoms with Crippen LogP contribution in [-0.2, 0) is 48.1 Å². The van der Waals surface area contributed by atoms with Gasteiger partial charge in [-0.2, -0.15) is 0 Å². The van der Waals surface area contributed by atoms with E-state index in [1.807, 2.05) is 0 Å². The Labute approximate surface area is 122 Å². The van der Waals surface area contributed by atoms with Crippen LogP contribution in [0.15, 0.2) is 0 Å². The van der Waals surface area contributed by atoms with Crippen LogP contribution in [0.25, 0.3) is 0 Å². The van der Waals surface area contributed by atoms with E-state index < -0.39 is 48.5 Å². The standard InChI is InChI=1S/C8H9ClO9SSi/c1-4(10)15-20(16-5(2)11,17-6(3)12)18-8(13)7(9)19-14/h1-3H3. The predicted molar refractivity (Wildman–Crippen MR) is 66.1 cm³/mol. The molecule has 0 heterocycles. The molecular formula is C8H9ClO9SSi. The van der Waals surface area contributed by atoms with Gasteiger partial charge >= 0.3 is 15.0 Å². The second-order valence-electron chi connectivity index (χ2n) is 3.03. The summed E-state index contributed by atoms with van der Waals surface area (Å²) in [5, 5.41) is 0. The molecule has 0 aromatic rings. The van der Waals surface area contributed by atoms with Crippen LogP contribution < -0.4 is 0 Å². The highest BCUT2D eigenvalue weighted by Crippen LogP contribution is 2.14. The average molecular weight is 345 g/mol. The Hall–Kier alpha value is -1.72. The zero-order valence-electron chi connectivity index (χ0n) is 10.5. The first-order chi connectivity index (χ1) is 9.11. The van der Waals surface area contributed by atoms with Crippen LogP contribution in [0, 0.1) is 0 Å². The molecule has 0 aromatic heterocycles. The molecule has 0 aliphatic carbocycles. The lowest BCUT2D eigenvalue weighted by atomic mass is 10.8. The molecule has 0 bridgehead atoms. The van der Waals surface area contributed by atoms with Crippen molar-refractivity contribution in [3.63, 3.8) is 0 Å². The molecule has 0 spiro atoms. The van der Waals surface area contributed by atoms with Crippen LogP contribution in [0.2, 0.25) is 0 Å². The van der Waals surface area contributed by atoms with Gasteiger partial charge in [0, 0.05) is 20.8 Å². The van der Waals surface area contributed by atoms with E-state index in [0.29, 0.717) is 0 Å². The van der Waals surface area contributed by atoms with Crippen LogP contribution in [0.3, 0.4) is 0 Å². The van der Waals surface area contributed by atoms with Gasteiger partial charge < -0.3 is 17.7 Å². The van der Waals surface area contributed by atoms with Crippen molar-refractivity contribution in [2.45, 2.75) is 20.8 Å². The van der Waals surface area contributed by atoms with Gasteiger partial charge in [0.1, 0.15) is 11.3 Å². The van der Waals surface area contributed by atoms with Crippen molar-refractivity contribution < 1.29 is 41.1 Å². The highest BCUT2D eigenvalue weighted by atomic mass is 35.5. The quantitative estimate of drug-likeness (QED) is 0.359. The van der Waals surface area contributed by atoms with Gasteiger partial charge in [-0.3, -0.25) is 14.4 Å². The minimum absolute atomic E-state index is 0.411. The molecule has 0 aliphatic heterocycles. The van der Waals surface area contributed by atoms with Crippen LogP contribution in [-0.4, -0.2) is 41.5 Å². The number of hydrogen-bond acceptors (Lipinski definition) is 9. The fourth-order valence-electron chi connectivity index (χ4n) is 0.841. The van der Waals surface area contributed by atoms with Crippen molar-refractivity contribution in [3.05, 3.63) is 0 Å². The Morgan fingerprint density at radius 2 is 1.20 bits per heavy atom. The first-order valence-corrected chi connectivity index (χ1v) is 7.51. The minimum atomic E-state index is -4.78. The van der Waals surface area contributed by atoms with Crippen molar-refractivity contribution in [3.8, 4) is 0 Å². The first kappa shape index (κ1) is 18.3. The molecule has 0 saturated carbocycles. The summed E-state index contributed by atoms with van der Waals surface area (Å²) in [7, 11) is -4.78. The monoisotopic (exact) mass is 344 g/mol. The SMILES string of the molecule is CC(=O)O[Si](OC(C)=O)(OC(C)=O)OC(=O)C(Cl)=S=O. The van der Waals surface area contributed by atoms with E-state index in [-0.39, 0.29) is 0 Å². The van der Waals surface area contributed by atoms with E-state index in [0.717, 1.165) is 20.8 Å². The van der Waals surface area contributed by atoms with Crippen molar-refractivity contribution in [2.75, 3.05) is 0 Å². The van der Waals surface area contributed by atoms with Crippen molar-refractivity contribution in [1.29, 1.82) is 0 Å². The fraction of sp³-hybridized carbons (Fsp3) is 0.375. The number of halogens is 1. The van der Waals surface area contributed by atoms with Crippen LogP contribution >= 0.6 is 11.6 Å². The Morgan fingerprint density at radius 3 is 1.45 bits per heavy atom. The van der Waals surface area contributed by atoms with Gasteiger partial charge in [0.25, 0.3) is 17.9 Å². The average Bonchev–Trinajstić information content (AvgIpc) is 2.24. The van der Waals surface area contributed by atoms with Crippen molar-refractivity contribution in [2.24, 2.45) is 0 Å². The van der Waals surface area contributed by atoms with Crippen LogP contribution in [0.5, 0.6) is 0 Å². The summed E-state index contributed by atoms with van der Waals surface area (Å²) in [6.07, 6.45) is 0. The third-order valence-corrected chi connectivity index (χ3v) is 3.96. The Morgan fingerprint density at radius 1 is 0.850 bits per heavy atom. The highest BCUT2D eigenvalue weighted by Gasteiger charge is 2.62. The highest BCUT2D eigenvalue weighted by molar-refractivity contribution is 7.72. The van der Waals surface area contributed by atoms with Crippen LogP contribution in [0.4, 0.5) is 0 Å². The number of rotatable bonds is 5. The molecule has 0 unspecified atom stereocenters. The predicted octanol–water partition coefficient (Wildman–Crippen LogP) is -0.764. The molecule has 0 saturated heterocycles. The maximum Gasteiger partial charge on any atom is 0.975 e. The minimum Gasteiger partial charge on any atom is -0.423 e. The van der Waals surface area contributed by atoms with Gasteiger partial charge in [0.15, 0.2) is 0 Å². The second-order valence-corrected chi connectivity index (χ2v) is 6.02. The molecule has 0 amide bonds. The summed E-state index contributed by atoms with van der Waals surface area (Å²) >= 11 is 4.81. The van der Waals surface area contributed by atoms with Gasteiger partial charge in [0.05, 0.1) is 0 Å². The molecule has 0 atom stereocenters. The van der Waals surface area contributed by atoms with Gasteiger partial charge in [-0.25, -0.2) is 9.00 Å². The smallest absolute Gasteiger partial charge is 0.423 e. The molecule has 0 N–H and O–H groups in total. The normalized spacial score (nSPS) is 10.0. The van der Waals surface area contributed by atoms with E-state index in [2.05, 4.69) is 17.7 Å².